The van der Waals surface area contributed by atoms with Crippen LogP contribution in [0.2, 0.25) is 0 Å². The Balaban J connectivity index is 2.46. The van der Waals surface area contributed by atoms with Gasteiger partial charge in [-0.15, -0.1) is 0 Å². The molecule has 0 aliphatic carbocycles. The van der Waals surface area contributed by atoms with E-state index in [1.807, 2.05) is 0 Å². The Morgan fingerprint density at radius 2 is 2.33 bits per heavy atom. The maximum atomic E-state index is 13.8. The summed E-state index contributed by atoms with van der Waals surface area (Å²) in [6.07, 6.45) is 0.409. The van der Waals surface area contributed by atoms with E-state index >= 15 is 0 Å². The summed E-state index contributed by atoms with van der Waals surface area (Å²) in [5.41, 5.74) is 4.38. The van der Waals surface area contributed by atoms with Gasteiger partial charge in [0.15, 0.2) is 0 Å². The average molecular weight is 253 g/mol. The Labute approximate surface area is 102 Å². The van der Waals surface area contributed by atoms with Gasteiger partial charge in [-0.2, -0.15) is 0 Å². The number of benzene rings is 1. The first-order valence-electron chi connectivity index (χ1n) is 5.36. The molecule has 6 nitrogen and oxygen atoms in total. The summed E-state index contributed by atoms with van der Waals surface area (Å²) in [4.78, 5) is 14.0. The Bertz CT molecular complexity index is 532. The number of nitro benzene ring substituents is 1. The van der Waals surface area contributed by atoms with Gasteiger partial charge in [0.05, 0.1) is 4.92 Å². The number of ether oxygens (including phenoxy) is 1. The quantitative estimate of drug-likeness (QED) is 0.641. The summed E-state index contributed by atoms with van der Waals surface area (Å²) in [5, 5.41) is 10.7. The summed E-state index contributed by atoms with van der Waals surface area (Å²) in [6.45, 7) is 2.03. The van der Waals surface area contributed by atoms with Crippen LogP contribution < -0.4 is 5.73 Å². The van der Waals surface area contributed by atoms with Crippen LogP contribution in [0.1, 0.15) is 18.9 Å². The molecule has 0 fully saturated rings. The van der Waals surface area contributed by atoms with Crippen molar-refractivity contribution in [2.75, 3.05) is 6.54 Å². The standard InChI is InChI=1S/C11H12FN3O3/c1-11(4-5-14-10(13)18-11)8-6-7(15(16)17)2-3-9(8)12/h2-3,6H,4-5H2,1H3,(H2,13,14)/t11-/m0/s1. The number of rotatable bonds is 2. The molecule has 0 spiro atoms. The number of non-ortho nitro benzene ring substituents is 1. The lowest BCUT2D eigenvalue weighted by Gasteiger charge is -2.33. The molecule has 1 aromatic rings. The zero-order chi connectivity index (χ0) is 13.3. The third kappa shape index (κ3) is 2.11. The highest BCUT2D eigenvalue weighted by Gasteiger charge is 2.35. The van der Waals surface area contributed by atoms with Crippen LogP contribution in [0.4, 0.5) is 10.1 Å². The van der Waals surface area contributed by atoms with Crippen LogP contribution in [0, 0.1) is 15.9 Å². The van der Waals surface area contributed by atoms with Crippen LogP contribution in [0.3, 0.4) is 0 Å². The van der Waals surface area contributed by atoms with Crippen LogP contribution in [-0.4, -0.2) is 17.5 Å². The SMILES string of the molecule is C[C@@]1(c2cc([N+](=O)[O-])ccc2F)CCN=C(N)O1. The normalized spacial score (nSPS) is 23.1. The maximum Gasteiger partial charge on any atom is 0.282 e. The number of aliphatic imine (C=N–C) groups is 1. The van der Waals surface area contributed by atoms with Gasteiger partial charge >= 0.3 is 0 Å². The molecule has 1 aliphatic heterocycles. The molecule has 0 unspecified atom stereocenters. The molecule has 0 saturated carbocycles. The van der Waals surface area contributed by atoms with E-state index < -0.39 is 16.3 Å². The molecule has 0 aromatic heterocycles. The summed E-state index contributed by atoms with van der Waals surface area (Å²) < 4.78 is 19.1. The fourth-order valence-corrected chi connectivity index (χ4v) is 1.92. The number of nitrogens with zero attached hydrogens (tertiary/aromatic N) is 2. The first-order chi connectivity index (χ1) is 8.42. The smallest absolute Gasteiger partial charge is 0.282 e. The lowest BCUT2D eigenvalue weighted by Crippen LogP contribution is -2.38. The number of nitro groups is 1. The van der Waals surface area contributed by atoms with Gasteiger partial charge in [-0.05, 0) is 13.0 Å². The van der Waals surface area contributed by atoms with Crippen molar-refractivity contribution < 1.29 is 14.1 Å². The number of amidine groups is 1. The number of hydrogen-bond acceptors (Lipinski definition) is 5. The third-order valence-corrected chi connectivity index (χ3v) is 2.92. The minimum absolute atomic E-state index is 0.0327. The van der Waals surface area contributed by atoms with E-state index in [9.17, 15) is 14.5 Å². The monoisotopic (exact) mass is 253 g/mol. The van der Waals surface area contributed by atoms with Crippen LogP contribution in [0.15, 0.2) is 23.2 Å². The highest BCUT2D eigenvalue weighted by Crippen LogP contribution is 2.35. The predicted octanol–water partition coefficient (Wildman–Crippen LogP) is 1.68. The van der Waals surface area contributed by atoms with Gasteiger partial charge in [0, 0.05) is 30.7 Å². The Kier molecular flexibility index (Phi) is 2.90. The third-order valence-electron chi connectivity index (χ3n) is 2.92. The topological polar surface area (TPSA) is 90.8 Å². The van der Waals surface area contributed by atoms with Gasteiger partial charge in [-0.1, -0.05) is 0 Å². The molecule has 1 heterocycles. The van der Waals surface area contributed by atoms with Crippen molar-refractivity contribution in [1.82, 2.24) is 0 Å². The highest BCUT2D eigenvalue weighted by molar-refractivity contribution is 5.72. The van der Waals surface area contributed by atoms with E-state index in [0.717, 1.165) is 12.1 Å². The molecule has 0 saturated heterocycles. The van der Waals surface area contributed by atoms with Gasteiger partial charge < -0.3 is 10.5 Å². The van der Waals surface area contributed by atoms with Crippen molar-refractivity contribution in [3.63, 3.8) is 0 Å². The first-order valence-corrected chi connectivity index (χ1v) is 5.36. The van der Waals surface area contributed by atoms with E-state index in [-0.39, 0.29) is 17.3 Å². The molecule has 0 amide bonds. The van der Waals surface area contributed by atoms with Gasteiger partial charge in [-0.3, -0.25) is 10.1 Å². The summed E-state index contributed by atoms with van der Waals surface area (Å²) >= 11 is 0. The number of nitrogens with two attached hydrogens (primary N) is 1. The van der Waals surface area contributed by atoms with Crippen LogP contribution in [0.25, 0.3) is 0 Å². The lowest BCUT2D eigenvalue weighted by atomic mass is 9.90. The van der Waals surface area contributed by atoms with E-state index in [1.165, 1.54) is 6.07 Å². The van der Waals surface area contributed by atoms with Crippen LogP contribution in [-0.2, 0) is 10.3 Å². The minimum atomic E-state index is -1.03. The summed E-state index contributed by atoms with van der Waals surface area (Å²) in [5.74, 6) is -0.558. The Morgan fingerprint density at radius 3 is 2.94 bits per heavy atom. The van der Waals surface area contributed by atoms with Crippen molar-refractivity contribution in [1.29, 1.82) is 0 Å². The molecule has 1 aromatic carbocycles. The highest BCUT2D eigenvalue weighted by atomic mass is 19.1. The largest absolute Gasteiger partial charge is 0.454 e. The molecule has 1 aliphatic rings. The van der Waals surface area contributed by atoms with Crippen molar-refractivity contribution in [3.8, 4) is 0 Å². The Morgan fingerprint density at radius 1 is 1.61 bits per heavy atom. The summed E-state index contributed by atoms with van der Waals surface area (Å²) in [6, 6.07) is 3.31. The molecule has 2 rings (SSSR count). The van der Waals surface area contributed by atoms with E-state index in [4.69, 9.17) is 10.5 Å². The molecule has 0 bridgehead atoms. The molecule has 0 radical (unpaired) electrons. The van der Waals surface area contributed by atoms with Gasteiger partial charge in [0.1, 0.15) is 11.4 Å². The maximum absolute atomic E-state index is 13.8. The molecule has 18 heavy (non-hydrogen) atoms. The van der Waals surface area contributed by atoms with E-state index in [2.05, 4.69) is 4.99 Å². The average Bonchev–Trinajstić information content (AvgIpc) is 2.28. The number of halogens is 1. The summed E-state index contributed by atoms with van der Waals surface area (Å²) in [7, 11) is 0. The van der Waals surface area contributed by atoms with Crippen molar-refractivity contribution in [2.45, 2.75) is 18.9 Å². The van der Waals surface area contributed by atoms with Crippen molar-refractivity contribution in [2.24, 2.45) is 10.7 Å². The molecule has 96 valence electrons. The second kappa shape index (κ2) is 4.25. The molecule has 7 heteroatoms. The van der Waals surface area contributed by atoms with Crippen molar-refractivity contribution >= 4 is 11.7 Å². The second-order valence-electron chi connectivity index (χ2n) is 4.22. The van der Waals surface area contributed by atoms with Crippen molar-refractivity contribution in [3.05, 3.63) is 39.7 Å². The molecular weight excluding hydrogens is 241 g/mol. The van der Waals surface area contributed by atoms with Crippen LogP contribution >= 0.6 is 0 Å². The van der Waals surface area contributed by atoms with Gasteiger partial charge in [0.2, 0.25) is 0 Å². The predicted molar refractivity (Wildman–Crippen MR) is 62.6 cm³/mol. The molecule has 2 N–H and O–H groups in total. The first kappa shape index (κ1) is 12.3. The minimum Gasteiger partial charge on any atom is -0.454 e. The fourth-order valence-electron chi connectivity index (χ4n) is 1.92. The zero-order valence-corrected chi connectivity index (χ0v) is 9.72. The fraction of sp³-hybridized carbons (Fsp3) is 0.364. The zero-order valence-electron chi connectivity index (χ0n) is 9.72. The number of hydrogen-bond donors (Lipinski definition) is 1. The van der Waals surface area contributed by atoms with Crippen LogP contribution in [0.5, 0.6) is 0 Å². The van der Waals surface area contributed by atoms with Gasteiger partial charge in [0.25, 0.3) is 11.7 Å². The van der Waals surface area contributed by atoms with E-state index in [1.54, 1.807) is 6.92 Å². The molecular formula is C11H12FN3O3. The molecule has 1 atom stereocenters. The second-order valence-corrected chi connectivity index (χ2v) is 4.22. The van der Waals surface area contributed by atoms with Gasteiger partial charge in [-0.25, -0.2) is 9.38 Å². The lowest BCUT2D eigenvalue weighted by molar-refractivity contribution is -0.385. The Hall–Kier alpha value is -2.18. The van der Waals surface area contributed by atoms with E-state index in [0.29, 0.717) is 13.0 Å².